The molecule has 7 N–H and O–H groups in total. The average Bonchev–Trinajstić information content (AvgIpc) is 1.49. The van der Waals surface area contributed by atoms with Gasteiger partial charge in [0, 0.05) is 112 Å². The van der Waals surface area contributed by atoms with Gasteiger partial charge in [-0.15, -0.1) is 0 Å². The minimum absolute atomic E-state index is 0.00517. The van der Waals surface area contributed by atoms with Crippen molar-refractivity contribution in [1.29, 1.82) is 0 Å². The number of amides is 7. The molecule has 7 heterocycles. The first-order chi connectivity index (χ1) is 47.5. The second-order valence-corrected chi connectivity index (χ2v) is 27.7. The van der Waals surface area contributed by atoms with Crippen LogP contribution >= 0.6 is 22.6 Å². The summed E-state index contributed by atoms with van der Waals surface area (Å²) in [4.78, 5) is 133. The molecule has 9 rings (SSSR count). The van der Waals surface area contributed by atoms with Crippen LogP contribution in [-0.4, -0.2) is 203 Å². The quantitative estimate of drug-likeness (QED) is 0.00625. The zero-order valence-corrected chi connectivity index (χ0v) is 60.0. The number of hydrogen-bond donors (Lipinski definition) is 7. The number of aryl methyl sites for hydroxylation is 2. The van der Waals surface area contributed by atoms with E-state index in [0.29, 0.717) is 46.8 Å². The molecule has 0 saturated heterocycles. The largest absolute Gasteiger partial charge is 0.508 e. The maximum Gasteiger partial charge on any atom is 0.411 e. The molecule has 0 bridgehead atoms. The minimum Gasteiger partial charge on any atom is -0.508 e. The zero-order chi connectivity index (χ0) is 72.5. The Morgan fingerprint density at radius 3 is 2.22 bits per heavy atom. The number of halogens is 1. The number of carbonyl (C=O) groups excluding carboxylic acids is 8. The summed E-state index contributed by atoms with van der Waals surface area (Å²) in [6.45, 7) is 8.98. The molecule has 3 aliphatic heterocycles. The highest BCUT2D eigenvalue weighted by Gasteiger charge is 2.51. The number of rotatable bonds is 30. The van der Waals surface area contributed by atoms with E-state index in [9.17, 15) is 61.2 Å². The Bertz CT molecular complexity index is 4280. The maximum atomic E-state index is 14.2. The molecule has 0 spiro atoms. The Kier molecular flexibility index (Phi) is 24.6. The summed E-state index contributed by atoms with van der Waals surface area (Å²) in [5.41, 5.74) is 5.06. The first-order valence-electron chi connectivity index (χ1n) is 32.7. The van der Waals surface area contributed by atoms with Crippen LogP contribution < -0.4 is 32.1 Å². The number of benzene rings is 2. The molecule has 1 unspecified atom stereocenters. The normalized spacial score (nSPS) is 16.6. The van der Waals surface area contributed by atoms with Gasteiger partial charge in [-0.3, -0.25) is 33.3 Å². The third-order valence-electron chi connectivity index (χ3n) is 17.8. The van der Waals surface area contributed by atoms with Crippen LogP contribution in [0, 0.1) is 5.92 Å². The van der Waals surface area contributed by atoms with Gasteiger partial charge in [0.1, 0.15) is 52.5 Å². The molecule has 7 amide bonds. The van der Waals surface area contributed by atoms with E-state index in [1.165, 1.54) is 36.9 Å². The predicted octanol–water partition coefficient (Wildman–Crippen LogP) is 4.35. The van der Waals surface area contributed by atoms with E-state index in [4.69, 9.17) is 28.7 Å². The topological polar surface area (TPSA) is 383 Å². The van der Waals surface area contributed by atoms with Gasteiger partial charge in [0.15, 0.2) is 0 Å². The number of carbonyl (C=O) groups is 8. The lowest BCUT2D eigenvalue weighted by Gasteiger charge is -2.37. The number of phenolic OH excluding ortho intramolecular Hbond substituents is 1. The van der Waals surface area contributed by atoms with E-state index in [-0.39, 0.29) is 118 Å². The second kappa shape index (κ2) is 32.6. The molecule has 2 aromatic carbocycles. The Morgan fingerprint density at radius 2 is 1.53 bits per heavy atom. The van der Waals surface area contributed by atoms with Crippen LogP contribution in [0.3, 0.4) is 0 Å². The van der Waals surface area contributed by atoms with Crippen molar-refractivity contribution in [1.82, 2.24) is 60.2 Å². The van der Waals surface area contributed by atoms with Crippen molar-refractivity contribution in [3.05, 3.63) is 116 Å². The highest BCUT2D eigenvalue weighted by Crippen LogP contribution is 2.44. The standard InChI is InChI=1S/C67H84IN13O18S/c1-10-43-45-31-42(82)18-19-49(45)74-57-46(43)33-81-51(57)32-48-47(63(81)88)36-97-64(89)67(48,11-2)99-66(91)77(7)26-25-76(6)65(90)98-35-40-14-16-41(17-15-40)72-60(85)39(5)71-62(87)56(38(3)4)75-54(84)21-27-95-29-30-96-28-23-70-61(86)50(37-100(92,93)94)73-53(83)20-24-80-52-34-78(8)79(9)58(68)55(52)44-13-12-22-69-59(44)80/h12-19,22,31-32,38-39,50,56,58,82H,10-11,20-21,23-30,33-37H2,1-9H3,(H,70,86)(H,71,87)(H,72,85)(H,73,83)(H,75,84)(H,92,93,94)/t39-,50-,56-,58?,67-/m0/s1. The fraction of sp³-hybridized carbons (Fsp3) is 0.478. The number of anilines is 1. The zero-order valence-electron chi connectivity index (χ0n) is 57.0. The summed E-state index contributed by atoms with van der Waals surface area (Å²) >= 11 is 2.35. The predicted molar refractivity (Wildman–Crippen MR) is 373 cm³/mol. The number of alkyl halides is 1. The SMILES string of the molecule is CCc1c2c(nc3ccc(O)cc13)-c1cc3c(c(=O)n1C2)COC(=O)[C@@]3(CC)OC(=O)N(C)CCN(C)C(=O)OCc1ccc(NC(=O)[C@H](C)NC(=O)[C@@H](NC(=O)CCOCCOCCNC(=O)[C@H](CS(=O)(=O)O)NC(=O)CCn2c3c(c4cccnc42)C(I)N(C)N(C)C3)C(C)C)cc1. The van der Waals surface area contributed by atoms with E-state index < -0.39 is 92.8 Å². The Labute approximate surface area is 590 Å². The number of aromatic nitrogens is 4. The van der Waals surface area contributed by atoms with Crippen molar-refractivity contribution in [2.45, 2.75) is 121 Å². The highest BCUT2D eigenvalue weighted by atomic mass is 127. The lowest BCUT2D eigenvalue weighted by atomic mass is 9.85. The van der Waals surface area contributed by atoms with Crippen molar-refractivity contribution in [2.24, 2.45) is 5.92 Å². The number of pyridine rings is 3. The van der Waals surface area contributed by atoms with Crippen LogP contribution in [0.4, 0.5) is 15.3 Å². The van der Waals surface area contributed by atoms with Crippen LogP contribution in [0.25, 0.3) is 33.3 Å². The van der Waals surface area contributed by atoms with Crippen molar-refractivity contribution in [3.63, 3.8) is 0 Å². The summed E-state index contributed by atoms with van der Waals surface area (Å²) in [5, 5.41) is 29.1. The Balaban J connectivity index is 0.649. The van der Waals surface area contributed by atoms with E-state index in [1.807, 2.05) is 37.7 Å². The molecule has 538 valence electrons. The summed E-state index contributed by atoms with van der Waals surface area (Å²) in [6, 6.07) is 13.2. The first kappa shape index (κ1) is 75.3. The number of esters is 1. The van der Waals surface area contributed by atoms with Gasteiger partial charge in [-0.05, 0) is 85.3 Å². The number of nitrogens with one attached hydrogen (secondary N) is 5. The van der Waals surface area contributed by atoms with Crippen LogP contribution in [-0.2, 0) is 107 Å². The van der Waals surface area contributed by atoms with Crippen molar-refractivity contribution >= 4 is 108 Å². The Morgan fingerprint density at radius 1 is 0.830 bits per heavy atom. The average molecular weight is 1520 g/mol. The van der Waals surface area contributed by atoms with Crippen LogP contribution in [0.1, 0.15) is 97.0 Å². The summed E-state index contributed by atoms with van der Waals surface area (Å²) in [6.07, 6.45) is 0.349. The molecule has 3 aliphatic rings. The summed E-state index contributed by atoms with van der Waals surface area (Å²) in [5.74, 6) is -5.28. The molecular weight excluding hydrogens is 1430 g/mol. The lowest BCUT2D eigenvalue weighted by molar-refractivity contribution is -0.173. The number of ether oxygens (including phenoxy) is 5. The highest BCUT2D eigenvalue weighted by molar-refractivity contribution is 14.1. The van der Waals surface area contributed by atoms with Crippen LogP contribution in [0.2, 0.25) is 0 Å². The second-order valence-electron chi connectivity index (χ2n) is 25.0. The molecule has 5 atom stereocenters. The summed E-state index contributed by atoms with van der Waals surface area (Å²) < 4.78 is 65.0. The Hall–Kier alpha value is -8.87. The van der Waals surface area contributed by atoms with Crippen LogP contribution in [0.5, 0.6) is 5.75 Å². The van der Waals surface area contributed by atoms with Gasteiger partial charge >= 0.3 is 18.2 Å². The smallest absolute Gasteiger partial charge is 0.411 e. The number of hydrogen-bond acceptors (Lipinski definition) is 21. The van der Waals surface area contributed by atoms with Crippen LogP contribution in [0.15, 0.2) is 71.7 Å². The molecule has 6 aromatic rings. The van der Waals surface area contributed by atoms with E-state index in [1.54, 1.807) is 74.0 Å². The van der Waals surface area contributed by atoms with Gasteiger partial charge in [0.25, 0.3) is 15.7 Å². The van der Waals surface area contributed by atoms with Gasteiger partial charge in [-0.1, -0.05) is 62.4 Å². The van der Waals surface area contributed by atoms with E-state index in [2.05, 4.69) is 64.2 Å². The monoisotopic (exact) mass is 1520 g/mol. The van der Waals surface area contributed by atoms with Crippen molar-refractivity contribution < 1.29 is 80.1 Å². The molecule has 0 fully saturated rings. The van der Waals surface area contributed by atoms with Gasteiger partial charge in [-0.2, -0.15) is 8.42 Å². The number of cyclic esters (lactones) is 1. The number of fused-ring (bicyclic) bond motifs is 8. The number of phenols is 1. The van der Waals surface area contributed by atoms with Gasteiger partial charge < -0.3 is 74.3 Å². The first-order valence-corrected chi connectivity index (χ1v) is 35.5. The van der Waals surface area contributed by atoms with E-state index in [0.717, 1.165) is 33.2 Å². The van der Waals surface area contributed by atoms with Gasteiger partial charge in [0.2, 0.25) is 35.1 Å². The number of hydrazine groups is 1. The number of likely N-dealkylation sites (N-methyl/N-ethyl adjacent to an activating group) is 2. The number of nitrogens with zero attached hydrogens (tertiary/aromatic N) is 8. The molecule has 4 aromatic heterocycles. The summed E-state index contributed by atoms with van der Waals surface area (Å²) in [7, 11) is 2.17. The molecular formula is C67H84IN13O18S. The number of aromatic hydroxyl groups is 1. The van der Waals surface area contributed by atoms with Crippen molar-refractivity contribution in [3.8, 4) is 17.1 Å². The lowest BCUT2D eigenvalue weighted by Crippen LogP contribution is -2.53. The maximum absolute atomic E-state index is 14.2. The van der Waals surface area contributed by atoms with Crippen molar-refractivity contribution in [2.75, 3.05) is 85.3 Å². The third kappa shape index (κ3) is 17.3. The van der Waals surface area contributed by atoms with Gasteiger partial charge in [0.05, 0.1) is 62.0 Å². The molecule has 0 radical (unpaired) electrons. The third-order valence-corrected chi connectivity index (χ3v) is 20.0. The molecule has 0 saturated carbocycles. The fourth-order valence-electron chi connectivity index (χ4n) is 12.1. The molecule has 0 aliphatic carbocycles. The molecule has 33 heteroatoms. The molecule has 31 nitrogen and oxygen atoms in total. The van der Waals surface area contributed by atoms with E-state index >= 15 is 0 Å². The van der Waals surface area contributed by atoms with Gasteiger partial charge in [-0.25, -0.2) is 34.4 Å². The molecule has 100 heavy (non-hydrogen) atoms. The minimum atomic E-state index is -4.68. The fourth-order valence-corrected chi connectivity index (χ4v) is 13.9.